The van der Waals surface area contributed by atoms with Crippen LogP contribution >= 0.6 is 0 Å². The van der Waals surface area contributed by atoms with E-state index in [4.69, 9.17) is 0 Å². The number of nitrogens with zero attached hydrogens (tertiary/aromatic N) is 2. The molecule has 0 aliphatic carbocycles. The van der Waals surface area contributed by atoms with E-state index >= 15 is 0 Å². The SMILES string of the molecule is Cn1nc(-c2ccc(O)cc2)cc1-c1ccc(O)cc1. The van der Waals surface area contributed by atoms with Gasteiger partial charge in [-0.15, -0.1) is 0 Å². The molecule has 0 saturated carbocycles. The maximum absolute atomic E-state index is 9.34. The number of hydrogen-bond donors (Lipinski definition) is 2. The van der Waals surface area contributed by atoms with Crippen LogP contribution in [0.3, 0.4) is 0 Å². The Morgan fingerprint density at radius 1 is 0.800 bits per heavy atom. The van der Waals surface area contributed by atoms with Crippen molar-refractivity contribution < 1.29 is 10.2 Å². The summed E-state index contributed by atoms with van der Waals surface area (Å²) in [6.45, 7) is 0. The van der Waals surface area contributed by atoms with Crippen molar-refractivity contribution in [2.45, 2.75) is 0 Å². The quantitative estimate of drug-likeness (QED) is 0.749. The molecule has 1 heterocycles. The first-order valence-electron chi connectivity index (χ1n) is 6.26. The summed E-state index contributed by atoms with van der Waals surface area (Å²) in [6, 6.07) is 16.0. The minimum Gasteiger partial charge on any atom is -0.508 e. The molecule has 100 valence electrons. The highest BCUT2D eigenvalue weighted by Crippen LogP contribution is 2.27. The first kappa shape index (κ1) is 12.3. The smallest absolute Gasteiger partial charge is 0.115 e. The fourth-order valence-electron chi connectivity index (χ4n) is 2.14. The van der Waals surface area contributed by atoms with Gasteiger partial charge in [-0.2, -0.15) is 5.10 Å². The summed E-state index contributed by atoms with van der Waals surface area (Å²) >= 11 is 0. The van der Waals surface area contributed by atoms with Crippen molar-refractivity contribution in [1.29, 1.82) is 0 Å². The van der Waals surface area contributed by atoms with Gasteiger partial charge >= 0.3 is 0 Å². The van der Waals surface area contributed by atoms with E-state index in [0.717, 1.165) is 22.5 Å². The number of rotatable bonds is 2. The van der Waals surface area contributed by atoms with E-state index in [1.54, 1.807) is 28.9 Å². The Kier molecular flexibility index (Phi) is 2.91. The van der Waals surface area contributed by atoms with Crippen LogP contribution in [0.5, 0.6) is 11.5 Å². The Morgan fingerprint density at radius 3 is 1.85 bits per heavy atom. The fraction of sp³-hybridized carbons (Fsp3) is 0.0625. The Labute approximate surface area is 116 Å². The lowest BCUT2D eigenvalue weighted by molar-refractivity contribution is 0.475. The second-order valence-electron chi connectivity index (χ2n) is 4.63. The van der Waals surface area contributed by atoms with E-state index in [2.05, 4.69) is 5.10 Å². The molecule has 0 radical (unpaired) electrons. The number of phenols is 2. The standard InChI is InChI=1S/C16H14N2O2/c1-18-16(12-4-8-14(20)9-5-12)10-15(17-18)11-2-6-13(19)7-3-11/h2-10,19-20H,1H3. The monoisotopic (exact) mass is 266 g/mol. The van der Waals surface area contributed by atoms with E-state index in [1.165, 1.54) is 0 Å². The highest BCUT2D eigenvalue weighted by atomic mass is 16.3. The molecule has 2 N–H and O–H groups in total. The molecule has 3 rings (SSSR count). The van der Waals surface area contributed by atoms with Crippen molar-refractivity contribution in [3.8, 4) is 34.0 Å². The van der Waals surface area contributed by atoms with Gasteiger partial charge < -0.3 is 10.2 Å². The Morgan fingerprint density at radius 2 is 1.30 bits per heavy atom. The molecule has 20 heavy (non-hydrogen) atoms. The molecule has 0 aliphatic heterocycles. The molecule has 0 unspecified atom stereocenters. The molecule has 2 aromatic carbocycles. The fourth-order valence-corrected chi connectivity index (χ4v) is 2.14. The number of phenolic OH excluding ortho intramolecular Hbond substituents is 2. The van der Waals surface area contributed by atoms with Gasteiger partial charge in [-0.3, -0.25) is 4.68 Å². The highest BCUT2D eigenvalue weighted by molar-refractivity contribution is 5.69. The maximum atomic E-state index is 9.34. The van der Waals surface area contributed by atoms with Gasteiger partial charge in [0.1, 0.15) is 11.5 Å². The van der Waals surface area contributed by atoms with Gasteiger partial charge in [-0.25, -0.2) is 0 Å². The molecule has 0 fully saturated rings. The van der Waals surface area contributed by atoms with Gasteiger partial charge in [0.2, 0.25) is 0 Å². The molecule has 0 aliphatic rings. The average molecular weight is 266 g/mol. The molecule has 0 bridgehead atoms. The van der Waals surface area contributed by atoms with Gasteiger partial charge in [-0.05, 0) is 54.6 Å². The molecule has 4 nitrogen and oxygen atoms in total. The van der Waals surface area contributed by atoms with Crippen LogP contribution in [0.1, 0.15) is 0 Å². The maximum Gasteiger partial charge on any atom is 0.115 e. The first-order valence-corrected chi connectivity index (χ1v) is 6.26. The number of hydrogen-bond acceptors (Lipinski definition) is 3. The second kappa shape index (κ2) is 4.74. The Balaban J connectivity index is 2.02. The van der Waals surface area contributed by atoms with E-state index in [0.29, 0.717) is 0 Å². The lowest BCUT2D eigenvalue weighted by Gasteiger charge is -2.01. The number of aromatic hydroxyl groups is 2. The third kappa shape index (κ3) is 2.23. The Hall–Kier alpha value is -2.75. The first-order chi connectivity index (χ1) is 9.63. The summed E-state index contributed by atoms with van der Waals surface area (Å²) in [6.07, 6.45) is 0. The molecule has 0 amide bonds. The summed E-state index contributed by atoms with van der Waals surface area (Å²) in [5.74, 6) is 0.484. The predicted molar refractivity (Wildman–Crippen MR) is 77.4 cm³/mol. The van der Waals surface area contributed by atoms with Crippen molar-refractivity contribution in [3.05, 3.63) is 54.6 Å². The highest BCUT2D eigenvalue weighted by Gasteiger charge is 2.09. The van der Waals surface area contributed by atoms with Gasteiger partial charge in [0, 0.05) is 18.2 Å². The van der Waals surface area contributed by atoms with E-state index in [-0.39, 0.29) is 11.5 Å². The Bertz CT molecular complexity index is 728. The molecule has 0 spiro atoms. The second-order valence-corrected chi connectivity index (χ2v) is 4.63. The van der Waals surface area contributed by atoms with Gasteiger partial charge in [0.05, 0.1) is 11.4 Å². The zero-order valence-electron chi connectivity index (χ0n) is 11.0. The van der Waals surface area contributed by atoms with Crippen LogP contribution in [0.15, 0.2) is 54.6 Å². The molecule has 4 heteroatoms. The predicted octanol–water partition coefficient (Wildman–Crippen LogP) is 3.17. The summed E-state index contributed by atoms with van der Waals surface area (Å²) in [5.41, 5.74) is 3.75. The lowest BCUT2D eigenvalue weighted by Crippen LogP contribution is -1.93. The zero-order valence-corrected chi connectivity index (χ0v) is 11.0. The van der Waals surface area contributed by atoms with E-state index in [9.17, 15) is 10.2 Å². The third-order valence-electron chi connectivity index (χ3n) is 3.21. The van der Waals surface area contributed by atoms with Crippen molar-refractivity contribution in [2.75, 3.05) is 0 Å². The third-order valence-corrected chi connectivity index (χ3v) is 3.21. The molecule has 0 atom stereocenters. The summed E-state index contributed by atoms with van der Waals surface area (Å²) in [4.78, 5) is 0. The summed E-state index contributed by atoms with van der Waals surface area (Å²) in [5, 5.41) is 23.1. The van der Waals surface area contributed by atoms with Crippen molar-refractivity contribution in [3.63, 3.8) is 0 Å². The summed E-state index contributed by atoms with van der Waals surface area (Å²) in [7, 11) is 1.88. The lowest BCUT2D eigenvalue weighted by atomic mass is 10.1. The number of benzene rings is 2. The molecular weight excluding hydrogens is 252 g/mol. The van der Waals surface area contributed by atoms with Crippen LogP contribution in [0, 0.1) is 0 Å². The van der Waals surface area contributed by atoms with Crippen LogP contribution in [0.25, 0.3) is 22.5 Å². The number of aromatic nitrogens is 2. The van der Waals surface area contributed by atoms with Crippen LogP contribution < -0.4 is 0 Å². The minimum atomic E-state index is 0.239. The topological polar surface area (TPSA) is 58.3 Å². The zero-order chi connectivity index (χ0) is 14.1. The van der Waals surface area contributed by atoms with Gasteiger partial charge in [0.25, 0.3) is 0 Å². The average Bonchev–Trinajstić information content (AvgIpc) is 2.82. The summed E-state index contributed by atoms with van der Waals surface area (Å²) < 4.78 is 1.80. The van der Waals surface area contributed by atoms with Crippen LogP contribution in [0.4, 0.5) is 0 Å². The molecule has 0 saturated heterocycles. The van der Waals surface area contributed by atoms with Crippen molar-refractivity contribution in [2.24, 2.45) is 7.05 Å². The molecular formula is C16H14N2O2. The normalized spacial score (nSPS) is 10.7. The van der Waals surface area contributed by atoms with E-state index < -0.39 is 0 Å². The van der Waals surface area contributed by atoms with Crippen molar-refractivity contribution in [1.82, 2.24) is 9.78 Å². The van der Waals surface area contributed by atoms with Gasteiger partial charge in [-0.1, -0.05) is 0 Å². The van der Waals surface area contributed by atoms with Crippen LogP contribution in [-0.4, -0.2) is 20.0 Å². The van der Waals surface area contributed by atoms with Crippen LogP contribution in [0.2, 0.25) is 0 Å². The van der Waals surface area contributed by atoms with Gasteiger partial charge in [0.15, 0.2) is 0 Å². The number of aryl methyl sites for hydroxylation is 1. The largest absolute Gasteiger partial charge is 0.508 e. The van der Waals surface area contributed by atoms with E-state index in [1.807, 2.05) is 37.4 Å². The minimum absolute atomic E-state index is 0.239. The molecule has 3 aromatic rings. The van der Waals surface area contributed by atoms with Crippen LogP contribution in [-0.2, 0) is 7.05 Å². The van der Waals surface area contributed by atoms with Crippen molar-refractivity contribution >= 4 is 0 Å². The molecule has 1 aromatic heterocycles.